The zero-order chi connectivity index (χ0) is 8.27. The van der Waals surface area contributed by atoms with Crippen LogP contribution in [0.5, 0.6) is 0 Å². The van der Waals surface area contributed by atoms with Gasteiger partial charge in [-0.1, -0.05) is 26.3 Å². The van der Waals surface area contributed by atoms with Crippen LogP contribution in [0.25, 0.3) is 0 Å². The van der Waals surface area contributed by atoms with E-state index in [1.54, 1.807) is 0 Å². The van der Waals surface area contributed by atoms with Gasteiger partial charge >= 0.3 is 0 Å². The molecule has 0 N–H and O–H groups in total. The SMILES string of the molecule is CCC(C)C=C1CCCC1=O. The minimum absolute atomic E-state index is 0.380. The Morgan fingerprint density at radius 3 is 2.73 bits per heavy atom. The Labute approximate surface area is 68.5 Å². The number of allylic oxidation sites excluding steroid dienone is 2. The van der Waals surface area contributed by atoms with Crippen LogP contribution >= 0.6 is 0 Å². The molecule has 1 fully saturated rings. The first-order valence-corrected chi connectivity index (χ1v) is 4.48. The van der Waals surface area contributed by atoms with Crippen molar-refractivity contribution in [1.82, 2.24) is 0 Å². The predicted molar refractivity (Wildman–Crippen MR) is 46.4 cm³/mol. The van der Waals surface area contributed by atoms with Gasteiger partial charge in [-0.2, -0.15) is 0 Å². The lowest BCUT2D eigenvalue weighted by atomic mass is 10.0. The van der Waals surface area contributed by atoms with Crippen molar-refractivity contribution in [2.45, 2.75) is 39.5 Å². The highest BCUT2D eigenvalue weighted by Gasteiger charge is 2.16. The molecule has 0 aliphatic heterocycles. The fourth-order valence-corrected chi connectivity index (χ4v) is 1.38. The first kappa shape index (κ1) is 8.51. The van der Waals surface area contributed by atoms with E-state index in [1.807, 2.05) is 0 Å². The van der Waals surface area contributed by atoms with Crippen LogP contribution in [0.2, 0.25) is 0 Å². The number of hydrogen-bond acceptors (Lipinski definition) is 1. The molecule has 0 aromatic heterocycles. The molecule has 1 nitrogen and oxygen atoms in total. The second kappa shape index (κ2) is 3.70. The van der Waals surface area contributed by atoms with Gasteiger partial charge < -0.3 is 0 Å². The molecule has 1 unspecified atom stereocenters. The number of ketones is 1. The number of Topliss-reactive ketones (excluding diaryl/α,β-unsaturated/α-hetero) is 1. The molecule has 0 amide bonds. The maximum Gasteiger partial charge on any atom is 0.158 e. The highest BCUT2D eigenvalue weighted by Crippen LogP contribution is 2.22. The van der Waals surface area contributed by atoms with Crippen LogP contribution in [0.3, 0.4) is 0 Å². The zero-order valence-corrected chi connectivity index (χ0v) is 7.39. The van der Waals surface area contributed by atoms with Gasteiger partial charge in [0.25, 0.3) is 0 Å². The quantitative estimate of drug-likeness (QED) is 0.556. The van der Waals surface area contributed by atoms with E-state index in [1.165, 1.54) is 0 Å². The molecule has 1 atom stereocenters. The third kappa shape index (κ3) is 2.18. The van der Waals surface area contributed by atoms with Crippen molar-refractivity contribution in [1.29, 1.82) is 0 Å². The number of carbonyl (C=O) groups is 1. The Morgan fingerprint density at radius 2 is 2.27 bits per heavy atom. The number of hydrogen-bond donors (Lipinski definition) is 0. The van der Waals surface area contributed by atoms with E-state index >= 15 is 0 Å². The van der Waals surface area contributed by atoms with Gasteiger partial charge in [0.05, 0.1) is 0 Å². The molecule has 0 saturated heterocycles. The molecule has 1 aliphatic rings. The number of carbonyl (C=O) groups excluding carboxylic acids is 1. The Morgan fingerprint density at radius 1 is 1.55 bits per heavy atom. The fraction of sp³-hybridized carbons (Fsp3) is 0.700. The summed E-state index contributed by atoms with van der Waals surface area (Å²) < 4.78 is 0. The summed E-state index contributed by atoms with van der Waals surface area (Å²) >= 11 is 0. The molecule has 0 heterocycles. The van der Waals surface area contributed by atoms with Crippen molar-refractivity contribution in [3.63, 3.8) is 0 Å². The average molecular weight is 152 g/mol. The minimum atomic E-state index is 0.380. The van der Waals surface area contributed by atoms with E-state index in [2.05, 4.69) is 19.9 Å². The molecule has 0 spiro atoms. The van der Waals surface area contributed by atoms with Gasteiger partial charge in [-0.05, 0) is 24.3 Å². The van der Waals surface area contributed by atoms with Gasteiger partial charge in [0.2, 0.25) is 0 Å². The normalized spacial score (nSPS) is 24.5. The lowest BCUT2D eigenvalue weighted by Gasteiger charge is -2.01. The predicted octanol–water partition coefficient (Wildman–Crippen LogP) is 2.71. The molecular weight excluding hydrogens is 136 g/mol. The monoisotopic (exact) mass is 152 g/mol. The third-order valence-corrected chi connectivity index (χ3v) is 2.34. The van der Waals surface area contributed by atoms with Crippen LogP contribution in [-0.4, -0.2) is 5.78 Å². The van der Waals surface area contributed by atoms with E-state index < -0.39 is 0 Å². The van der Waals surface area contributed by atoms with Crippen molar-refractivity contribution in [2.24, 2.45) is 5.92 Å². The molecule has 1 heteroatoms. The second-order valence-corrected chi connectivity index (χ2v) is 3.35. The Kier molecular flexibility index (Phi) is 2.86. The van der Waals surface area contributed by atoms with Crippen LogP contribution < -0.4 is 0 Å². The smallest absolute Gasteiger partial charge is 0.158 e. The first-order chi connectivity index (χ1) is 5.24. The van der Waals surface area contributed by atoms with Crippen LogP contribution in [-0.2, 0) is 4.79 Å². The van der Waals surface area contributed by atoms with Gasteiger partial charge in [-0.25, -0.2) is 0 Å². The summed E-state index contributed by atoms with van der Waals surface area (Å²) in [4.78, 5) is 11.2. The maximum absolute atomic E-state index is 11.2. The summed E-state index contributed by atoms with van der Waals surface area (Å²) in [5, 5.41) is 0. The van der Waals surface area contributed by atoms with Gasteiger partial charge in [-0.15, -0.1) is 0 Å². The lowest BCUT2D eigenvalue weighted by molar-refractivity contribution is -0.114. The van der Waals surface area contributed by atoms with E-state index in [0.29, 0.717) is 11.7 Å². The zero-order valence-electron chi connectivity index (χ0n) is 7.39. The van der Waals surface area contributed by atoms with Gasteiger partial charge in [0.1, 0.15) is 0 Å². The van der Waals surface area contributed by atoms with Gasteiger partial charge in [0, 0.05) is 6.42 Å². The maximum atomic E-state index is 11.2. The molecule has 1 aliphatic carbocycles. The van der Waals surface area contributed by atoms with E-state index in [4.69, 9.17) is 0 Å². The van der Waals surface area contributed by atoms with Crippen LogP contribution in [0, 0.1) is 5.92 Å². The Hall–Kier alpha value is -0.590. The molecule has 0 radical (unpaired) electrons. The minimum Gasteiger partial charge on any atom is -0.295 e. The molecule has 1 rings (SSSR count). The van der Waals surface area contributed by atoms with Crippen LogP contribution in [0.15, 0.2) is 11.6 Å². The highest BCUT2D eigenvalue weighted by molar-refractivity contribution is 5.97. The highest BCUT2D eigenvalue weighted by atomic mass is 16.1. The molecule has 0 aromatic rings. The number of rotatable bonds is 2. The van der Waals surface area contributed by atoms with Crippen molar-refractivity contribution in [3.8, 4) is 0 Å². The Balaban J connectivity index is 2.57. The summed E-state index contributed by atoms with van der Waals surface area (Å²) in [5.74, 6) is 0.956. The van der Waals surface area contributed by atoms with Gasteiger partial charge in [0.15, 0.2) is 5.78 Å². The third-order valence-electron chi connectivity index (χ3n) is 2.34. The first-order valence-electron chi connectivity index (χ1n) is 4.48. The Bertz CT molecular complexity index is 179. The van der Waals surface area contributed by atoms with E-state index in [9.17, 15) is 4.79 Å². The molecule has 0 aromatic carbocycles. The largest absolute Gasteiger partial charge is 0.295 e. The van der Waals surface area contributed by atoms with E-state index in [0.717, 1.165) is 31.3 Å². The molecule has 11 heavy (non-hydrogen) atoms. The summed E-state index contributed by atoms with van der Waals surface area (Å²) in [6, 6.07) is 0. The van der Waals surface area contributed by atoms with Crippen LogP contribution in [0.1, 0.15) is 39.5 Å². The standard InChI is InChI=1S/C10H16O/c1-3-8(2)7-9-5-4-6-10(9)11/h7-8H,3-6H2,1-2H3. The summed E-state index contributed by atoms with van der Waals surface area (Å²) in [7, 11) is 0. The molecule has 0 bridgehead atoms. The van der Waals surface area contributed by atoms with Crippen molar-refractivity contribution in [3.05, 3.63) is 11.6 Å². The summed E-state index contributed by atoms with van der Waals surface area (Å²) in [5.41, 5.74) is 1.08. The van der Waals surface area contributed by atoms with E-state index in [-0.39, 0.29) is 0 Å². The fourth-order valence-electron chi connectivity index (χ4n) is 1.38. The van der Waals surface area contributed by atoms with Crippen molar-refractivity contribution >= 4 is 5.78 Å². The van der Waals surface area contributed by atoms with Crippen LogP contribution in [0.4, 0.5) is 0 Å². The summed E-state index contributed by atoms with van der Waals surface area (Å²) in [6.45, 7) is 4.32. The average Bonchev–Trinajstić information content (AvgIpc) is 2.37. The van der Waals surface area contributed by atoms with Crippen molar-refractivity contribution < 1.29 is 4.79 Å². The topological polar surface area (TPSA) is 17.1 Å². The molecule has 1 saturated carbocycles. The van der Waals surface area contributed by atoms with Gasteiger partial charge in [-0.3, -0.25) is 4.79 Å². The lowest BCUT2D eigenvalue weighted by Crippen LogP contribution is -1.95. The second-order valence-electron chi connectivity index (χ2n) is 3.35. The van der Waals surface area contributed by atoms with Crippen molar-refractivity contribution in [2.75, 3.05) is 0 Å². The molecule has 62 valence electrons. The summed E-state index contributed by atoms with van der Waals surface area (Å²) in [6.07, 6.45) is 6.15. The molecular formula is C10H16O.